The van der Waals surface area contributed by atoms with Crippen molar-refractivity contribution in [3.8, 4) is 0 Å². The van der Waals surface area contributed by atoms with Crippen LogP contribution in [0.4, 0.5) is 5.82 Å². The molecule has 1 aliphatic rings. The van der Waals surface area contributed by atoms with Gasteiger partial charge in [0.15, 0.2) is 0 Å². The van der Waals surface area contributed by atoms with Crippen molar-refractivity contribution < 1.29 is 0 Å². The molecule has 0 fully saturated rings. The van der Waals surface area contributed by atoms with Gasteiger partial charge in [0, 0.05) is 17.7 Å². The van der Waals surface area contributed by atoms with Crippen LogP contribution < -0.4 is 5.73 Å². The van der Waals surface area contributed by atoms with Gasteiger partial charge in [0.1, 0.15) is 5.82 Å². The first-order chi connectivity index (χ1) is 5.29. The highest BCUT2D eigenvalue weighted by molar-refractivity contribution is 5.67. The summed E-state index contributed by atoms with van der Waals surface area (Å²) in [4.78, 5) is 4.04. The summed E-state index contributed by atoms with van der Waals surface area (Å²) in [6, 6.07) is 1.99. The molecule has 0 saturated heterocycles. The van der Waals surface area contributed by atoms with Crippen molar-refractivity contribution >= 4 is 11.9 Å². The number of anilines is 1. The summed E-state index contributed by atoms with van der Waals surface area (Å²) in [6.07, 6.45) is 5.98. The van der Waals surface area contributed by atoms with E-state index in [1.165, 1.54) is 11.1 Å². The molecule has 56 valence electrons. The monoisotopic (exact) mass is 146 g/mol. The maximum atomic E-state index is 5.71. The van der Waals surface area contributed by atoms with Crippen molar-refractivity contribution in [1.29, 1.82) is 0 Å². The molecule has 0 bridgehead atoms. The fourth-order valence-electron chi connectivity index (χ4n) is 1.49. The summed E-state index contributed by atoms with van der Waals surface area (Å²) in [7, 11) is 0. The number of pyridine rings is 1. The van der Waals surface area contributed by atoms with E-state index in [0.29, 0.717) is 11.7 Å². The quantitative estimate of drug-likeness (QED) is 0.606. The van der Waals surface area contributed by atoms with Crippen LogP contribution in [-0.2, 0) is 0 Å². The first-order valence-corrected chi connectivity index (χ1v) is 3.71. The van der Waals surface area contributed by atoms with Crippen LogP contribution in [-0.4, -0.2) is 4.98 Å². The van der Waals surface area contributed by atoms with Gasteiger partial charge in [-0.3, -0.25) is 0 Å². The molecule has 2 N–H and O–H groups in total. The van der Waals surface area contributed by atoms with Gasteiger partial charge in [0.2, 0.25) is 0 Å². The van der Waals surface area contributed by atoms with E-state index in [2.05, 4.69) is 24.1 Å². The zero-order valence-electron chi connectivity index (χ0n) is 6.41. The van der Waals surface area contributed by atoms with Crippen LogP contribution >= 0.6 is 0 Å². The third-order valence-corrected chi connectivity index (χ3v) is 2.07. The second-order valence-corrected chi connectivity index (χ2v) is 2.85. The number of allylic oxidation sites excluding steroid dienone is 1. The Hall–Kier alpha value is -1.31. The topological polar surface area (TPSA) is 38.9 Å². The maximum absolute atomic E-state index is 5.71. The smallest absolute Gasteiger partial charge is 0.127 e. The number of aromatic nitrogens is 1. The first-order valence-electron chi connectivity index (χ1n) is 3.71. The lowest BCUT2D eigenvalue weighted by Gasteiger charge is -2.05. The van der Waals surface area contributed by atoms with Crippen molar-refractivity contribution in [2.24, 2.45) is 0 Å². The van der Waals surface area contributed by atoms with Crippen LogP contribution in [0.1, 0.15) is 24.0 Å². The molecule has 1 atom stereocenters. The Balaban J connectivity index is 2.65. The minimum atomic E-state index is 0.429. The van der Waals surface area contributed by atoms with Gasteiger partial charge in [-0.25, -0.2) is 4.98 Å². The van der Waals surface area contributed by atoms with Crippen molar-refractivity contribution in [2.75, 3.05) is 5.73 Å². The normalized spacial score (nSPS) is 20.3. The lowest BCUT2D eigenvalue weighted by atomic mass is 10.0. The largest absolute Gasteiger partial charge is 0.383 e. The van der Waals surface area contributed by atoms with Gasteiger partial charge in [-0.1, -0.05) is 19.1 Å². The maximum Gasteiger partial charge on any atom is 0.127 e. The molecule has 0 amide bonds. The fraction of sp³-hybridized carbons (Fsp3) is 0.222. The van der Waals surface area contributed by atoms with Crippen LogP contribution in [0.25, 0.3) is 6.08 Å². The third-order valence-electron chi connectivity index (χ3n) is 2.07. The average molecular weight is 146 g/mol. The predicted octanol–water partition coefficient (Wildman–Crippen LogP) is 1.79. The molecule has 2 rings (SSSR count). The highest BCUT2D eigenvalue weighted by Crippen LogP contribution is 2.32. The Morgan fingerprint density at radius 1 is 1.55 bits per heavy atom. The van der Waals surface area contributed by atoms with Gasteiger partial charge in [-0.2, -0.15) is 0 Å². The Bertz CT molecular complexity index is 315. The fourth-order valence-corrected chi connectivity index (χ4v) is 1.49. The SMILES string of the molecule is CC1C=Cc2ccnc(N)c21. The molecule has 0 spiro atoms. The molecule has 2 heteroatoms. The summed E-state index contributed by atoms with van der Waals surface area (Å²) >= 11 is 0. The van der Waals surface area contributed by atoms with Crippen molar-refractivity contribution in [1.82, 2.24) is 4.98 Å². The van der Waals surface area contributed by atoms with E-state index in [1.807, 2.05) is 6.07 Å². The number of fused-ring (bicyclic) bond motifs is 1. The molecule has 1 aromatic rings. The van der Waals surface area contributed by atoms with Gasteiger partial charge in [0.05, 0.1) is 0 Å². The minimum Gasteiger partial charge on any atom is -0.383 e. The highest BCUT2D eigenvalue weighted by Gasteiger charge is 2.15. The molecule has 0 saturated carbocycles. The zero-order valence-corrected chi connectivity index (χ0v) is 6.41. The van der Waals surface area contributed by atoms with Gasteiger partial charge < -0.3 is 5.73 Å². The molecule has 0 radical (unpaired) electrons. The Morgan fingerprint density at radius 2 is 2.36 bits per heavy atom. The molecular formula is C9H10N2. The minimum absolute atomic E-state index is 0.429. The zero-order chi connectivity index (χ0) is 7.84. The molecule has 1 unspecified atom stereocenters. The lowest BCUT2D eigenvalue weighted by Crippen LogP contribution is -1.98. The first kappa shape index (κ1) is 6.40. The van der Waals surface area contributed by atoms with Crippen LogP contribution in [0.2, 0.25) is 0 Å². The van der Waals surface area contributed by atoms with E-state index in [0.717, 1.165) is 0 Å². The number of rotatable bonds is 0. The molecular weight excluding hydrogens is 136 g/mol. The molecule has 0 aliphatic heterocycles. The Kier molecular flexibility index (Phi) is 1.22. The molecule has 2 nitrogen and oxygen atoms in total. The third kappa shape index (κ3) is 0.827. The van der Waals surface area contributed by atoms with Crippen molar-refractivity contribution in [2.45, 2.75) is 12.8 Å². The number of nitrogens with zero attached hydrogens (tertiary/aromatic N) is 1. The Morgan fingerprint density at radius 3 is 3.09 bits per heavy atom. The lowest BCUT2D eigenvalue weighted by molar-refractivity contribution is 0.981. The van der Waals surface area contributed by atoms with Gasteiger partial charge in [-0.05, 0) is 11.6 Å². The second-order valence-electron chi connectivity index (χ2n) is 2.85. The summed E-state index contributed by atoms with van der Waals surface area (Å²) < 4.78 is 0. The molecule has 1 aromatic heterocycles. The predicted molar refractivity (Wildman–Crippen MR) is 46.1 cm³/mol. The van der Waals surface area contributed by atoms with E-state index < -0.39 is 0 Å². The van der Waals surface area contributed by atoms with Crippen LogP contribution in [0.3, 0.4) is 0 Å². The van der Waals surface area contributed by atoms with Gasteiger partial charge in [-0.15, -0.1) is 0 Å². The number of hydrogen-bond donors (Lipinski definition) is 1. The molecule has 1 heterocycles. The Labute approximate surface area is 65.8 Å². The molecule has 1 aliphatic carbocycles. The summed E-state index contributed by atoms with van der Waals surface area (Å²) in [5, 5.41) is 0. The van der Waals surface area contributed by atoms with Gasteiger partial charge >= 0.3 is 0 Å². The van der Waals surface area contributed by atoms with E-state index in [9.17, 15) is 0 Å². The number of nitrogen functional groups attached to an aromatic ring is 1. The van der Waals surface area contributed by atoms with E-state index in [4.69, 9.17) is 5.73 Å². The van der Waals surface area contributed by atoms with E-state index >= 15 is 0 Å². The van der Waals surface area contributed by atoms with Gasteiger partial charge in [0.25, 0.3) is 0 Å². The number of hydrogen-bond acceptors (Lipinski definition) is 2. The molecule has 0 aromatic carbocycles. The second kappa shape index (κ2) is 2.09. The van der Waals surface area contributed by atoms with Crippen LogP contribution in [0.15, 0.2) is 18.3 Å². The van der Waals surface area contributed by atoms with Crippen LogP contribution in [0.5, 0.6) is 0 Å². The summed E-state index contributed by atoms with van der Waals surface area (Å²) in [5.74, 6) is 1.10. The van der Waals surface area contributed by atoms with E-state index in [1.54, 1.807) is 6.20 Å². The van der Waals surface area contributed by atoms with Crippen molar-refractivity contribution in [3.63, 3.8) is 0 Å². The van der Waals surface area contributed by atoms with Crippen molar-refractivity contribution in [3.05, 3.63) is 29.5 Å². The molecule has 11 heavy (non-hydrogen) atoms. The van der Waals surface area contributed by atoms with Crippen LogP contribution in [0, 0.1) is 0 Å². The average Bonchev–Trinajstić information content (AvgIpc) is 2.34. The highest BCUT2D eigenvalue weighted by atomic mass is 14.8. The van der Waals surface area contributed by atoms with E-state index in [-0.39, 0.29) is 0 Å². The summed E-state index contributed by atoms with van der Waals surface area (Å²) in [5.41, 5.74) is 8.10. The number of nitrogens with two attached hydrogens (primary N) is 1. The summed E-state index contributed by atoms with van der Waals surface area (Å²) in [6.45, 7) is 2.13. The standard InChI is InChI=1S/C9H10N2/c1-6-2-3-7-4-5-11-9(10)8(6)7/h2-6H,1H3,(H2,10,11).